The van der Waals surface area contributed by atoms with E-state index < -0.39 is 0 Å². The van der Waals surface area contributed by atoms with Gasteiger partial charge in [0, 0.05) is 5.92 Å². The average Bonchev–Trinajstić information content (AvgIpc) is 1.99. The van der Waals surface area contributed by atoms with Crippen molar-refractivity contribution in [3.63, 3.8) is 0 Å². The van der Waals surface area contributed by atoms with Crippen LogP contribution in [0.15, 0.2) is 16.2 Å². The van der Waals surface area contributed by atoms with E-state index in [4.69, 9.17) is 11.6 Å². The molecule has 0 spiro atoms. The molecule has 0 aliphatic heterocycles. The summed E-state index contributed by atoms with van der Waals surface area (Å²) in [6.07, 6.45) is 1.83. The Kier molecular flexibility index (Phi) is 4.77. The fourth-order valence-corrected chi connectivity index (χ4v) is 1.12. The van der Waals surface area contributed by atoms with E-state index in [1.807, 2.05) is 26.8 Å². The lowest BCUT2D eigenvalue weighted by molar-refractivity contribution is 0.892. The van der Waals surface area contributed by atoms with Gasteiger partial charge in [-0.05, 0) is 6.92 Å². The molecule has 4 heteroatoms. The average molecular weight is 173 g/mol. The minimum atomic E-state index is 0.337. The van der Waals surface area contributed by atoms with Gasteiger partial charge in [-0.3, -0.25) is 0 Å². The first-order valence-corrected chi connectivity index (χ1v) is 4.30. The third-order valence-electron chi connectivity index (χ3n) is 1.13. The quantitative estimate of drug-likeness (QED) is 0.287. The molecule has 0 radical (unpaired) electrons. The highest BCUT2D eigenvalue weighted by atomic mass is 32.2. The van der Waals surface area contributed by atoms with Crippen LogP contribution in [0.4, 0.5) is 0 Å². The molecule has 3 nitrogen and oxygen atoms in total. The molecule has 0 aromatic heterocycles. The van der Waals surface area contributed by atoms with Gasteiger partial charge in [0.05, 0.1) is 5.03 Å². The lowest BCUT2D eigenvalue weighted by Crippen LogP contribution is -2.08. The van der Waals surface area contributed by atoms with E-state index in [1.165, 1.54) is 11.8 Å². The van der Waals surface area contributed by atoms with Crippen molar-refractivity contribution in [3.8, 4) is 0 Å². The summed E-state index contributed by atoms with van der Waals surface area (Å²) in [5.74, 6) is 5.50. The van der Waals surface area contributed by atoms with Crippen LogP contribution in [-0.2, 0) is 0 Å². The Bertz CT molecular complexity index is 173. The fourth-order valence-electron chi connectivity index (χ4n) is 0.473. The van der Waals surface area contributed by atoms with Crippen LogP contribution in [0.2, 0.25) is 0 Å². The molecule has 0 amide bonds. The topological polar surface area (TPSA) is 64.4 Å². The summed E-state index contributed by atoms with van der Waals surface area (Å²) >= 11 is 1.42. The summed E-state index contributed by atoms with van der Waals surface area (Å²) in [6, 6.07) is 0. The van der Waals surface area contributed by atoms with Crippen molar-refractivity contribution in [2.75, 3.05) is 0 Å². The minimum Gasteiger partial charge on any atom is -0.393 e. The van der Waals surface area contributed by atoms with Crippen LogP contribution < -0.4 is 11.6 Å². The molecule has 0 bridgehead atoms. The van der Waals surface area contributed by atoms with Gasteiger partial charge < -0.3 is 11.6 Å². The first kappa shape index (κ1) is 10.4. The number of allylic oxidation sites excluding steroid dienone is 1. The van der Waals surface area contributed by atoms with Crippen molar-refractivity contribution in [1.82, 2.24) is 0 Å². The van der Waals surface area contributed by atoms with Crippen LogP contribution in [0.3, 0.4) is 0 Å². The molecule has 0 heterocycles. The normalized spacial score (nSPS) is 14.2. The molecule has 0 saturated carbocycles. The van der Waals surface area contributed by atoms with Gasteiger partial charge in [0.1, 0.15) is 5.04 Å². The van der Waals surface area contributed by atoms with Gasteiger partial charge in [-0.15, -0.1) is 0 Å². The van der Waals surface area contributed by atoms with Crippen LogP contribution in [0.1, 0.15) is 20.8 Å². The zero-order chi connectivity index (χ0) is 8.85. The molecule has 4 N–H and O–H groups in total. The number of nitrogens with two attached hydrogens (primary N) is 2. The van der Waals surface area contributed by atoms with Gasteiger partial charge in [0.25, 0.3) is 0 Å². The maximum atomic E-state index is 5.57. The molecule has 11 heavy (non-hydrogen) atoms. The standard InChI is InChI=1S/C7H15N3S/c1-4-6(8)11-7(10-9)5(2)3/h4-5H,8-9H2,1-3H3/b6-4-,10-7-. The number of hydrogen-bond acceptors (Lipinski definition) is 4. The van der Waals surface area contributed by atoms with Crippen LogP contribution in [0, 0.1) is 5.92 Å². The molecule has 0 rings (SSSR count). The Morgan fingerprint density at radius 2 is 2.09 bits per heavy atom. The van der Waals surface area contributed by atoms with Gasteiger partial charge in [-0.25, -0.2) is 0 Å². The summed E-state index contributed by atoms with van der Waals surface area (Å²) in [5.41, 5.74) is 5.57. The second-order valence-corrected chi connectivity index (χ2v) is 3.51. The second-order valence-electron chi connectivity index (χ2n) is 2.42. The molecule has 64 valence electrons. The van der Waals surface area contributed by atoms with Gasteiger partial charge in [-0.1, -0.05) is 31.7 Å². The van der Waals surface area contributed by atoms with Crippen LogP contribution in [0.25, 0.3) is 0 Å². The van der Waals surface area contributed by atoms with Crippen molar-refractivity contribution in [3.05, 3.63) is 11.1 Å². The molecule has 0 aliphatic rings. The Balaban J connectivity index is 4.12. The molecule has 0 aliphatic carbocycles. The zero-order valence-electron chi connectivity index (χ0n) is 7.16. The predicted molar refractivity (Wildman–Crippen MR) is 52.0 cm³/mol. The van der Waals surface area contributed by atoms with E-state index in [1.54, 1.807) is 0 Å². The maximum Gasteiger partial charge on any atom is 0.101 e. The van der Waals surface area contributed by atoms with Crippen LogP contribution in [0.5, 0.6) is 0 Å². The lowest BCUT2D eigenvalue weighted by Gasteiger charge is -2.06. The molecule has 0 aromatic rings. The Hall–Kier alpha value is -0.640. The molecular formula is C7H15N3S. The van der Waals surface area contributed by atoms with E-state index in [9.17, 15) is 0 Å². The molecule has 0 atom stereocenters. The first-order chi connectivity index (χ1) is 5.11. The van der Waals surface area contributed by atoms with E-state index >= 15 is 0 Å². The number of hydrogen-bond donors (Lipinski definition) is 2. The largest absolute Gasteiger partial charge is 0.393 e. The predicted octanol–water partition coefficient (Wildman–Crippen LogP) is 1.47. The zero-order valence-corrected chi connectivity index (χ0v) is 7.98. The van der Waals surface area contributed by atoms with Gasteiger partial charge >= 0.3 is 0 Å². The Morgan fingerprint density at radius 3 is 2.36 bits per heavy atom. The molecule has 0 saturated heterocycles. The SMILES string of the molecule is C/C=C(/N)S/C(=N\N)C(C)C. The van der Waals surface area contributed by atoms with E-state index in [2.05, 4.69) is 5.10 Å². The molecule has 0 unspecified atom stereocenters. The highest BCUT2D eigenvalue weighted by Crippen LogP contribution is 2.17. The summed E-state index contributed by atoms with van der Waals surface area (Å²) < 4.78 is 0. The monoisotopic (exact) mass is 173 g/mol. The van der Waals surface area contributed by atoms with Crippen molar-refractivity contribution >= 4 is 16.8 Å². The smallest absolute Gasteiger partial charge is 0.101 e. The summed E-state index contributed by atoms with van der Waals surface area (Å²) in [7, 11) is 0. The molecule has 0 fully saturated rings. The van der Waals surface area contributed by atoms with Crippen molar-refractivity contribution < 1.29 is 0 Å². The Morgan fingerprint density at radius 1 is 1.55 bits per heavy atom. The summed E-state index contributed by atoms with van der Waals surface area (Å²) in [5, 5.41) is 5.23. The molecule has 0 aromatic carbocycles. The summed E-state index contributed by atoms with van der Waals surface area (Å²) in [6.45, 7) is 5.94. The number of rotatable bonds is 2. The van der Waals surface area contributed by atoms with Gasteiger partial charge in [0.15, 0.2) is 0 Å². The Labute approximate surface area is 71.9 Å². The lowest BCUT2D eigenvalue weighted by atomic mass is 10.2. The second kappa shape index (κ2) is 5.07. The van der Waals surface area contributed by atoms with Gasteiger partial charge in [-0.2, -0.15) is 5.10 Å². The highest BCUT2D eigenvalue weighted by molar-refractivity contribution is 8.17. The maximum absolute atomic E-state index is 5.57. The van der Waals surface area contributed by atoms with Crippen molar-refractivity contribution in [1.29, 1.82) is 0 Å². The highest BCUT2D eigenvalue weighted by Gasteiger charge is 2.05. The minimum absolute atomic E-state index is 0.337. The van der Waals surface area contributed by atoms with E-state index in [-0.39, 0.29) is 0 Å². The number of hydrazone groups is 1. The fraction of sp³-hybridized carbons (Fsp3) is 0.571. The third kappa shape index (κ3) is 3.93. The van der Waals surface area contributed by atoms with Crippen LogP contribution >= 0.6 is 11.8 Å². The number of nitrogens with zero attached hydrogens (tertiary/aromatic N) is 1. The van der Waals surface area contributed by atoms with Gasteiger partial charge in [0.2, 0.25) is 0 Å². The number of thioether (sulfide) groups is 1. The van der Waals surface area contributed by atoms with Crippen molar-refractivity contribution in [2.24, 2.45) is 22.6 Å². The van der Waals surface area contributed by atoms with Crippen molar-refractivity contribution in [2.45, 2.75) is 20.8 Å². The summed E-state index contributed by atoms with van der Waals surface area (Å²) in [4.78, 5) is 0. The first-order valence-electron chi connectivity index (χ1n) is 3.49. The molecular weight excluding hydrogens is 158 g/mol. The van der Waals surface area contributed by atoms with E-state index in [0.717, 1.165) is 10.1 Å². The third-order valence-corrected chi connectivity index (χ3v) is 2.39. The van der Waals surface area contributed by atoms with Crippen LogP contribution in [-0.4, -0.2) is 5.04 Å². The van der Waals surface area contributed by atoms with E-state index in [0.29, 0.717) is 5.92 Å².